The van der Waals surface area contributed by atoms with Crippen molar-refractivity contribution < 1.29 is 23.8 Å². The summed E-state index contributed by atoms with van der Waals surface area (Å²) in [5.41, 5.74) is 0.582. The van der Waals surface area contributed by atoms with Crippen molar-refractivity contribution in [3.05, 3.63) is 23.8 Å². The SMILES string of the molecule is CCCCOc1ccc(C(=O)N2CCCN(CC(=O)OCC)CC2)cc1OC. The number of carbonyl (C=O) groups is 2. The Kier molecular flexibility index (Phi) is 9.07. The number of hydrogen-bond donors (Lipinski definition) is 0. The van der Waals surface area contributed by atoms with Gasteiger partial charge in [-0.05, 0) is 38.0 Å². The summed E-state index contributed by atoms with van der Waals surface area (Å²) >= 11 is 0. The summed E-state index contributed by atoms with van der Waals surface area (Å²) < 4.78 is 16.2. The molecule has 1 fully saturated rings. The molecule has 0 N–H and O–H groups in total. The van der Waals surface area contributed by atoms with Crippen LogP contribution in [0.2, 0.25) is 0 Å². The van der Waals surface area contributed by atoms with Gasteiger partial charge in [0.2, 0.25) is 0 Å². The van der Waals surface area contributed by atoms with E-state index in [0.29, 0.717) is 49.9 Å². The fourth-order valence-electron chi connectivity index (χ4n) is 3.15. The Balaban J connectivity index is 1.98. The van der Waals surface area contributed by atoms with Crippen LogP contribution in [0.1, 0.15) is 43.5 Å². The van der Waals surface area contributed by atoms with Gasteiger partial charge in [0, 0.05) is 31.7 Å². The minimum absolute atomic E-state index is 0.0311. The third-order valence-electron chi connectivity index (χ3n) is 4.70. The van der Waals surface area contributed by atoms with Crippen molar-refractivity contribution in [2.24, 2.45) is 0 Å². The monoisotopic (exact) mass is 392 g/mol. The second-order valence-electron chi connectivity index (χ2n) is 6.79. The number of unbranched alkanes of at least 4 members (excludes halogenated alkanes) is 1. The van der Waals surface area contributed by atoms with Crippen LogP contribution in [0.25, 0.3) is 0 Å². The van der Waals surface area contributed by atoms with Crippen LogP contribution >= 0.6 is 0 Å². The number of ether oxygens (including phenoxy) is 3. The molecule has 1 aromatic carbocycles. The second-order valence-corrected chi connectivity index (χ2v) is 6.79. The molecule has 7 nitrogen and oxygen atoms in total. The molecule has 2 rings (SSSR count). The van der Waals surface area contributed by atoms with Gasteiger partial charge in [-0.25, -0.2) is 0 Å². The van der Waals surface area contributed by atoms with Gasteiger partial charge in [0.15, 0.2) is 11.5 Å². The number of benzene rings is 1. The Hall–Kier alpha value is -2.28. The fraction of sp³-hybridized carbons (Fsp3) is 0.619. The molecule has 1 aromatic rings. The number of carbonyl (C=O) groups excluding carboxylic acids is 2. The maximum atomic E-state index is 12.9. The highest BCUT2D eigenvalue weighted by Gasteiger charge is 2.22. The van der Waals surface area contributed by atoms with Crippen molar-refractivity contribution in [2.75, 3.05) is 53.0 Å². The third-order valence-corrected chi connectivity index (χ3v) is 4.70. The number of esters is 1. The van der Waals surface area contributed by atoms with Crippen molar-refractivity contribution >= 4 is 11.9 Å². The van der Waals surface area contributed by atoms with Crippen LogP contribution < -0.4 is 9.47 Å². The Bertz CT molecular complexity index is 650. The van der Waals surface area contributed by atoms with E-state index in [4.69, 9.17) is 14.2 Å². The molecular formula is C21H32N2O5. The van der Waals surface area contributed by atoms with Gasteiger partial charge in [-0.15, -0.1) is 0 Å². The van der Waals surface area contributed by atoms with E-state index in [0.717, 1.165) is 25.8 Å². The van der Waals surface area contributed by atoms with Gasteiger partial charge in [-0.1, -0.05) is 13.3 Å². The molecule has 0 radical (unpaired) electrons. The normalized spacial score (nSPS) is 15.0. The molecule has 0 unspecified atom stereocenters. The molecule has 1 amide bonds. The summed E-state index contributed by atoms with van der Waals surface area (Å²) in [5, 5.41) is 0. The third kappa shape index (κ3) is 6.41. The van der Waals surface area contributed by atoms with Crippen LogP contribution in [0.3, 0.4) is 0 Å². The molecule has 1 aliphatic rings. The van der Waals surface area contributed by atoms with Crippen LogP contribution in [-0.4, -0.2) is 74.7 Å². The number of rotatable bonds is 9. The number of amides is 1. The van der Waals surface area contributed by atoms with Gasteiger partial charge in [0.25, 0.3) is 5.91 Å². The molecule has 0 aromatic heterocycles. The first kappa shape index (κ1) is 22.0. The van der Waals surface area contributed by atoms with Gasteiger partial charge in [-0.2, -0.15) is 0 Å². The molecule has 7 heteroatoms. The minimum Gasteiger partial charge on any atom is -0.493 e. The van der Waals surface area contributed by atoms with E-state index in [1.807, 2.05) is 9.80 Å². The molecule has 0 saturated carbocycles. The van der Waals surface area contributed by atoms with Crippen molar-refractivity contribution in [3.63, 3.8) is 0 Å². The van der Waals surface area contributed by atoms with Crippen molar-refractivity contribution in [1.29, 1.82) is 0 Å². The molecule has 1 aliphatic heterocycles. The fourth-order valence-corrected chi connectivity index (χ4v) is 3.15. The summed E-state index contributed by atoms with van der Waals surface area (Å²) in [6, 6.07) is 5.32. The van der Waals surface area contributed by atoms with E-state index >= 15 is 0 Å². The molecule has 1 saturated heterocycles. The maximum Gasteiger partial charge on any atom is 0.320 e. The van der Waals surface area contributed by atoms with E-state index < -0.39 is 0 Å². The predicted octanol–water partition coefficient (Wildman–Crippen LogP) is 2.59. The molecule has 156 valence electrons. The summed E-state index contributed by atoms with van der Waals surface area (Å²) in [6.45, 7) is 7.86. The summed E-state index contributed by atoms with van der Waals surface area (Å²) in [6.07, 6.45) is 2.85. The first-order chi connectivity index (χ1) is 13.6. The lowest BCUT2D eigenvalue weighted by atomic mass is 10.1. The van der Waals surface area contributed by atoms with Crippen LogP contribution in [-0.2, 0) is 9.53 Å². The molecular weight excluding hydrogens is 360 g/mol. The highest BCUT2D eigenvalue weighted by Crippen LogP contribution is 2.29. The van der Waals surface area contributed by atoms with Crippen LogP contribution in [0, 0.1) is 0 Å². The average Bonchev–Trinajstić information content (AvgIpc) is 2.93. The second kappa shape index (κ2) is 11.5. The summed E-state index contributed by atoms with van der Waals surface area (Å²) in [5.74, 6) is 0.978. The van der Waals surface area contributed by atoms with Gasteiger partial charge in [0.1, 0.15) is 0 Å². The quantitative estimate of drug-likeness (QED) is 0.475. The summed E-state index contributed by atoms with van der Waals surface area (Å²) in [4.78, 5) is 28.5. The summed E-state index contributed by atoms with van der Waals surface area (Å²) in [7, 11) is 1.58. The zero-order valence-corrected chi connectivity index (χ0v) is 17.2. The van der Waals surface area contributed by atoms with Gasteiger partial charge < -0.3 is 19.1 Å². The maximum absolute atomic E-state index is 12.9. The Labute approximate surface area is 167 Å². The van der Waals surface area contributed by atoms with Gasteiger partial charge in [-0.3, -0.25) is 14.5 Å². The van der Waals surface area contributed by atoms with E-state index in [9.17, 15) is 9.59 Å². The van der Waals surface area contributed by atoms with E-state index in [2.05, 4.69) is 6.92 Å². The van der Waals surface area contributed by atoms with Crippen LogP contribution in [0.5, 0.6) is 11.5 Å². The Morgan fingerprint density at radius 2 is 1.89 bits per heavy atom. The smallest absolute Gasteiger partial charge is 0.320 e. The number of hydrogen-bond acceptors (Lipinski definition) is 6. The zero-order valence-electron chi connectivity index (χ0n) is 17.2. The largest absolute Gasteiger partial charge is 0.493 e. The average molecular weight is 392 g/mol. The predicted molar refractivity (Wildman–Crippen MR) is 107 cm³/mol. The Morgan fingerprint density at radius 1 is 1.07 bits per heavy atom. The standard InChI is InChI=1S/C21H32N2O5/c1-4-6-14-28-18-9-8-17(15-19(18)26-3)21(25)23-11-7-10-22(12-13-23)16-20(24)27-5-2/h8-9,15H,4-7,10-14,16H2,1-3H3. The number of methoxy groups -OCH3 is 1. The Morgan fingerprint density at radius 3 is 2.61 bits per heavy atom. The highest BCUT2D eigenvalue weighted by molar-refractivity contribution is 5.95. The number of nitrogens with zero attached hydrogens (tertiary/aromatic N) is 2. The molecule has 0 atom stereocenters. The van der Waals surface area contributed by atoms with E-state index in [-0.39, 0.29) is 18.4 Å². The van der Waals surface area contributed by atoms with Crippen molar-refractivity contribution in [1.82, 2.24) is 9.80 Å². The first-order valence-corrected chi connectivity index (χ1v) is 10.1. The molecule has 0 spiro atoms. The van der Waals surface area contributed by atoms with Crippen LogP contribution in [0.4, 0.5) is 0 Å². The lowest BCUT2D eigenvalue weighted by Crippen LogP contribution is -2.37. The molecule has 1 heterocycles. The highest BCUT2D eigenvalue weighted by atomic mass is 16.5. The van der Waals surface area contributed by atoms with Crippen molar-refractivity contribution in [2.45, 2.75) is 33.1 Å². The molecule has 0 bridgehead atoms. The van der Waals surface area contributed by atoms with Crippen molar-refractivity contribution in [3.8, 4) is 11.5 Å². The zero-order chi connectivity index (χ0) is 20.4. The topological polar surface area (TPSA) is 68.3 Å². The van der Waals surface area contributed by atoms with E-state index in [1.54, 1.807) is 32.2 Å². The van der Waals surface area contributed by atoms with Gasteiger partial charge in [0.05, 0.1) is 26.9 Å². The lowest BCUT2D eigenvalue weighted by molar-refractivity contribution is -0.144. The minimum atomic E-state index is -0.217. The molecule has 28 heavy (non-hydrogen) atoms. The molecule has 0 aliphatic carbocycles. The first-order valence-electron chi connectivity index (χ1n) is 10.1. The van der Waals surface area contributed by atoms with Crippen LogP contribution in [0.15, 0.2) is 18.2 Å². The lowest BCUT2D eigenvalue weighted by Gasteiger charge is -2.22. The van der Waals surface area contributed by atoms with Gasteiger partial charge >= 0.3 is 5.97 Å². The van der Waals surface area contributed by atoms with E-state index in [1.165, 1.54) is 0 Å².